The first kappa shape index (κ1) is 15.4. The Bertz CT molecular complexity index is 626. The number of amides is 1. The molecule has 5 aliphatic rings. The number of ether oxygens (including phenoxy) is 1. The number of halogens is 2. The number of alkyl carbamates (subject to hydrolysis) is 1. The highest BCUT2D eigenvalue weighted by molar-refractivity contribution is 7.60. The second-order valence-electron chi connectivity index (χ2n) is 7.98. The van der Waals surface area contributed by atoms with Gasteiger partial charge in [-0.25, -0.2) is 4.79 Å². The number of fused-ring (bicyclic) bond motifs is 2. The van der Waals surface area contributed by atoms with Gasteiger partial charge in [0.15, 0.2) is 0 Å². The van der Waals surface area contributed by atoms with Gasteiger partial charge >= 0.3 is 6.09 Å². The first-order valence-electron chi connectivity index (χ1n) is 9.08. The van der Waals surface area contributed by atoms with Crippen LogP contribution in [-0.4, -0.2) is 35.2 Å². The summed E-state index contributed by atoms with van der Waals surface area (Å²) in [5.41, 5.74) is -2.28. The van der Waals surface area contributed by atoms with Gasteiger partial charge in [-0.15, -0.1) is 0 Å². The number of alkyl halides is 2. The van der Waals surface area contributed by atoms with E-state index in [0.717, 1.165) is 44.1 Å². The first-order valence-corrected chi connectivity index (χ1v) is 10.4. The Morgan fingerprint density at radius 3 is 2.42 bits per heavy atom. The van der Waals surface area contributed by atoms with E-state index < -0.39 is 25.2 Å². The third-order valence-electron chi connectivity index (χ3n) is 6.75. The average Bonchev–Trinajstić information content (AvgIpc) is 3.20. The highest BCUT2D eigenvalue weighted by atomic mass is 31.1. The Labute approximate surface area is 141 Å². The SMILES string of the molecule is CN1C(NC(=O)OC2CCC2)=C(C2CCC2)C2P1C(F)(F)C21CC1. The van der Waals surface area contributed by atoms with Crippen LogP contribution in [0.5, 0.6) is 0 Å². The van der Waals surface area contributed by atoms with Crippen LogP contribution < -0.4 is 5.32 Å². The van der Waals surface area contributed by atoms with Crippen molar-refractivity contribution in [3.63, 3.8) is 0 Å². The van der Waals surface area contributed by atoms with E-state index in [1.807, 2.05) is 0 Å². The molecule has 0 aromatic carbocycles. The highest BCUT2D eigenvalue weighted by Gasteiger charge is 2.84. The van der Waals surface area contributed by atoms with E-state index in [1.165, 1.54) is 0 Å². The summed E-state index contributed by atoms with van der Waals surface area (Å²) < 4.78 is 36.6. The number of carbonyl (C=O) groups excluding carboxylic acids is 1. The van der Waals surface area contributed by atoms with Gasteiger partial charge in [0, 0.05) is 12.7 Å². The fraction of sp³-hybridized carbons (Fsp3) is 0.824. The number of allylic oxidation sites excluding steroid dienone is 1. The van der Waals surface area contributed by atoms with Gasteiger partial charge in [0.2, 0.25) is 0 Å². The van der Waals surface area contributed by atoms with Crippen LogP contribution in [0, 0.1) is 11.3 Å². The molecule has 132 valence electrons. The van der Waals surface area contributed by atoms with Crippen molar-refractivity contribution < 1.29 is 18.3 Å². The van der Waals surface area contributed by atoms with Crippen molar-refractivity contribution in [3.8, 4) is 0 Å². The maximum Gasteiger partial charge on any atom is 0.413 e. The third kappa shape index (κ3) is 1.79. The van der Waals surface area contributed by atoms with Crippen molar-refractivity contribution >= 4 is 14.2 Å². The summed E-state index contributed by atoms with van der Waals surface area (Å²) in [5, 5.41) is 2.86. The molecule has 2 atom stereocenters. The van der Waals surface area contributed by atoms with Gasteiger partial charge in [-0.05, 0) is 56.4 Å². The predicted molar refractivity (Wildman–Crippen MR) is 86.7 cm³/mol. The molecule has 4 fully saturated rings. The van der Waals surface area contributed by atoms with Gasteiger partial charge in [0.05, 0.1) is 13.5 Å². The Kier molecular flexibility index (Phi) is 3.10. The molecule has 7 heteroatoms. The van der Waals surface area contributed by atoms with Crippen LogP contribution in [0.15, 0.2) is 11.4 Å². The average molecular weight is 356 g/mol. The normalized spacial score (nSPS) is 35.9. The topological polar surface area (TPSA) is 41.6 Å². The van der Waals surface area contributed by atoms with Crippen LogP contribution in [0.2, 0.25) is 0 Å². The largest absolute Gasteiger partial charge is 0.446 e. The van der Waals surface area contributed by atoms with Crippen molar-refractivity contribution in [3.05, 3.63) is 11.4 Å². The van der Waals surface area contributed by atoms with Gasteiger partial charge in [0.1, 0.15) is 11.9 Å². The third-order valence-corrected chi connectivity index (χ3v) is 9.88. The lowest BCUT2D eigenvalue weighted by Gasteiger charge is -2.53. The molecule has 0 radical (unpaired) electrons. The minimum atomic E-state index is -2.59. The summed E-state index contributed by atoms with van der Waals surface area (Å²) >= 11 is 0. The highest BCUT2D eigenvalue weighted by Crippen LogP contribution is 2.91. The fourth-order valence-corrected chi connectivity index (χ4v) is 8.22. The lowest BCUT2D eigenvalue weighted by molar-refractivity contribution is -0.0168. The number of hydrogen-bond acceptors (Lipinski definition) is 3. The predicted octanol–water partition coefficient (Wildman–Crippen LogP) is 4.37. The molecular formula is C17H23F2N2O2P. The van der Waals surface area contributed by atoms with E-state index in [9.17, 15) is 13.6 Å². The number of hydrogen-bond donors (Lipinski definition) is 1. The molecular weight excluding hydrogens is 333 g/mol. The second kappa shape index (κ2) is 4.84. The van der Waals surface area contributed by atoms with E-state index in [1.54, 1.807) is 11.7 Å². The van der Waals surface area contributed by atoms with Crippen LogP contribution in [-0.2, 0) is 4.74 Å². The summed E-state index contributed by atoms with van der Waals surface area (Å²) in [6.07, 6.45) is 7.00. The molecule has 4 nitrogen and oxygen atoms in total. The zero-order valence-electron chi connectivity index (χ0n) is 13.9. The van der Waals surface area contributed by atoms with Gasteiger partial charge in [-0.3, -0.25) is 5.32 Å². The minimum absolute atomic E-state index is 0.00288. The Hall–Kier alpha value is -0.900. The Morgan fingerprint density at radius 1 is 1.25 bits per heavy atom. The summed E-state index contributed by atoms with van der Waals surface area (Å²) in [6, 6.07) is 0. The minimum Gasteiger partial charge on any atom is -0.446 e. The molecule has 1 spiro atoms. The molecule has 0 bridgehead atoms. The maximum absolute atomic E-state index is 14.7. The van der Waals surface area contributed by atoms with Crippen molar-refractivity contribution in [2.24, 2.45) is 11.3 Å². The van der Waals surface area contributed by atoms with Gasteiger partial charge in [-0.1, -0.05) is 6.42 Å². The number of nitrogens with one attached hydrogen (secondary N) is 1. The Balaban J connectivity index is 1.43. The van der Waals surface area contributed by atoms with E-state index in [-0.39, 0.29) is 11.8 Å². The second-order valence-corrected chi connectivity index (χ2v) is 10.4. The molecule has 24 heavy (non-hydrogen) atoms. The van der Waals surface area contributed by atoms with Gasteiger partial charge < -0.3 is 9.41 Å². The van der Waals surface area contributed by atoms with E-state index >= 15 is 0 Å². The molecule has 3 aliphatic carbocycles. The van der Waals surface area contributed by atoms with E-state index in [4.69, 9.17) is 4.74 Å². The van der Waals surface area contributed by atoms with Crippen molar-refractivity contribution in [2.75, 3.05) is 7.05 Å². The van der Waals surface area contributed by atoms with Crippen molar-refractivity contribution in [1.82, 2.24) is 9.99 Å². The summed E-state index contributed by atoms with van der Waals surface area (Å²) in [4.78, 5) is 12.2. The maximum atomic E-state index is 14.7. The fourth-order valence-electron chi connectivity index (χ4n) is 4.70. The molecule has 5 rings (SSSR count). The molecule has 2 aliphatic heterocycles. The molecule has 0 aromatic heterocycles. The van der Waals surface area contributed by atoms with Crippen molar-refractivity contribution in [1.29, 1.82) is 0 Å². The molecule has 1 amide bonds. The van der Waals surface area contributed by atoms with Gasteiger partial charge in [-0.2, -0.15) is 8.78 Å². The Morgan fingerprint density at radius 2 is 1.92 bits per heavy atom. The van der Waals surface area contributed by atoms with Crippen LogP contribution in [0.1, 0.15) is 51.4 Å². The van der Waals surface area contributed by atoms with Crippen LogP contribution in [0.4, 0.5) is 13.6 Å². The first-order chi connectivity index (χ1) is 11.5. The molecule has 2 unspecified atom stereocenters. The standard InChI is InChI=1S/C17H23F2N2O2P/c1-21-14(20-15(22)23-11-6-3-7-11)12(10-4-2-5-10)13-16(8-9-16)17(18,19)24(13)21/h10-11,13H,2-9H2,1H3,(H,20,22). The lowest BCUT2D eigenvalue weighted by atomic mass is 9.75. The lowest BCUT2D eigenvalue weighted by Crippen LogP contribution is -2.52. The van der Waals surface area contributed by atoms with Crippen molar-refractivity contribution in [2.45, 2.75) is 68.8 Å². The molecule has 0 aromatic rings. The quantitative estimate of drug-likeness (QED) is 0.764. The number of carbonyl (C=O) groups is 1. The van der Waals surface area contributed by atoms with Gasteiger partial charge in [0.25, 0.3) is 5.66 Å². The summed E-state index contributed by atoms with van der Waals surface area (Å²) in [5.74, 6) is 1.01. The van der Waals surface area contributed by atoms with E-state index in [0.29, 0.717) is 24.6 Å². The van der Waals surface area contributed by atoms with Crippen LogP contribution in [0.25, 0.3) is 0 Å². The summed E-state index contributed by atoms with van der Waals surface area (Å²) in [7, 11) is 0.185. The number of rotatable bonds is 3. The van der Waals surface area contributed by atoms with E-state index in [2.05, 4.69) is 5.32 Å². The zero-order chi connectivity index (χ0) is 16.7. The molecule has 1 saturated heterocycles. The molecule has 3 saturated carbocycles. The summed E-state index contributed by atoms with van der Waals surface area (Å²) in [6.45, 7) is 0. The number of nitrogens with zero attached hydrogens (tertiary/aromatic N) is 1. The molecule has 1 N–H and O–H groups in total. The zero-order valence-corrected chi connectivity index (χ0v) is 14.8. The van der Waals surface area contributed by atoms with Crippen LogP contribution in [0.3, 0.4) is 0 Å². The van der Waals surface area contributed by atoms with Crippen LogP contribution >= 0.6 is 8.07 Å². The monoisotopic (exact) mass is 356 g/mol. The smallest absolute Gasteiger partial charge is 0.413 e. The molecule has 2 heterocycles.